The number of hydrogen-bond acceptors (Lipinski definition) is 4. The molecule has 0 saturated carbocycles. The third-order valence-corrected chi connectivity index (χ3v) is 8.36. The van der Waals surface area contributed by atoms with Crippen LogP contribution in [0.2, 0.25) is 10.0 Å². The van der Waals surface area contributed by atoms with E-state index in [2.05, 4.69) is 5.32 Å². The molecule has 1 N–H and O–H groups in total. The fraction of sp³-hybridized carbons (Fsp3) is 0.435. The Bertz CT molecular complexity index is 1000. The number of carbonyl (C=O) groups is 1. The lowest BCUT2D eigenvalue weighted by Gasteiger charge is -2.31. The average molecular weight is 499 g/mol. The highest BCUT2D eigenvalue weighted by atomic mass is 35.5. The molecule has 0 unspecified atom stereocenters. The number of piperidine rings is 1. The van der Waals surface area contributed by atoms with Crippen LogP contribution in [0.4, 0.5) is 0 Å². The van der Waals surface area contributed by atoms with Gasteiger partial charge in [-0.2, -0.15) is 4.31 Å². The Labute approximate surface area is 199 Å². The molecular weight excluding hydrogens is 471 g/mol. The van der Waals surface area contributed by atoms with E-state index in [4.69, 9.17) is 27.9 Å². The van der Waals surface area contributed by atoms with Crippen LogP contribution in [-0.2, 0) is 14.8 Å². The summed E-state index contributed by atoms with van der Waals surface area (Å²) >= 11 is 12.2. The minimum Gasteiger partial charge on any atom is -0.494 e. The molecule has 3 rings (SSSR count). The summed E-state index contributed by atoms with van der Waals surface area (Å²) in [6, 6.07) is 12.5. The number of unbranched alkanes of at least 4 members (excludes halogenated alkanes) is 1. The van der Waals surface area contributed by atoms with E-state index in [-0.39, 0.29) is 39.9 Å². The normalized spacial score (nSPS) is 15.5. The van der Waals surface area contributed by atoms with E-state index in [0.717, 1.165) is 18.6 Å². The number of carbonyl (C=O) groups excluding carboxylic acids is 1. The number of ether oxygens (including phenoxy) is 1. The van der Waals surface area contributed by atoms with Crippen LogP contribution in [0.3, 0.4) is 0 Å². The molecule has 1 heterocycles. The maximum Gasteiger partial charge on any atom is 0.246 e. The lowest BCUT2D eigenvalue weighted by molar-refractivity contribution is -0.126. The minimum absolute atomic E-state index is 0.0303. The number of rotatable bonds is 9. The summed E-state index contributed by atoms with van der Waals surface area (Å²) in [5.41, 5.74) is 1.19. The molecule has 0 aromatic heterocycles. The largest absolute Gasteiger partial charge is 0.494 e. The Morgan fingerprint density at radius 1 is 1.06 bits per heavy atom. The van der Waals surface area contributed by atoms with Gasteiger partial charge in [0.2, 0.25) is 15.9 Å². The number of nitrogens with zero attached hydrogens (tertiary/aromatic N) is 1. The fourth-order valence-corrected chi connectivity index (χ4v) is 6.19. The van der Waals surface area contributed by atoms with E-state index in [1.165, 1.54) is 22.0 Å². The molecule has 0 atom stereocenters. The van der Waals surface area contributed by atoms with Crippen molar-refractivity contribution < 1.29 is 17.9 Å². The quantitative estimate of drug-likeness (QED) is 0.509. The molecule has 174 valence electrons. The molecule has 6 nitrogen and oxygen atoms in total. The fourth-order valence-electron chi connectivity index (χ4n) is 3.62. The van der Waals surface area contributed by atoms with Crippen molar-refractivity contribution in [1.82, 2.24) is 9.62 Å². The zero-order valence-corrected chi connectivity index (χ0v) is 20.3. The first kappa shape index (κ1) is 24.8. The third kappa shape index (κ3) is 6.38. The van der Waals surface area contributed by atoms with Gasteiger partial charge in [-0.1, -0.05) is 47.0 Å². The Kier molecular flexibility index (Phi) is 8.82. The number of aryl methyl sites for hydroxylation is 1. The van der Waals surface area contributed by atoms with Crippen molar-refractivity contribution >= 4 is 39.1 Å². The van der Waals surface area contributed by atoms with Crippen molar-refractivity contribution in [1.29, 1.82) is 0 Å². The van der Waals surface area contributed by atoms with Crippen molar-refractivity contribution in [3.8, 4) is 5.75 Å². The van der Waals surface area contributed by atoms with Gasteiger partial charge in [-0.05, 0) is 56.9 Å². The number of amides is 1. The highest BCUT2D eigenvalue weighted by Gasteiger charge is 2.34. The number of halogens is 2. The molecule has 1 amide bonds. The number of sulfonamides is 1. The molecule has 0 radical (unpaired) electrons. The zero-order chi connectivity index (χ0) is 23.1. The molecule has 9 heteroatoms. The second-order valence-electron chi connectivity index (χ2n) is 7.89. The highest BCUT2D eigenvalue weighted by Crippen LogP contribution is 2.33. The van der Waals surface area contributed by atoms with Crippen molar-refractivity contribution in [2.75, 3.05) is 26.2 Å². The lowest BCUT2D eigenvalue weighted by atomic mass is 9.97. The molecule has 0 spiro atoms. The summed E-state index contributed by atoms with van der Waals surface area (Å²) in [6.45, 7) is 3.71. The number of nitrogens with one attached hydrogen (secondary N) is 1. The van der Waals surface area contributed by atoms with Gasteiger partial charge in [0, 0.05) is 25.6 Å². The molecule has 1 aliphatic heterocycles. The summed E-state index contributed by atoms with van der Waals surface area (Å²) < 4.78 is 32.9. The minimum atomic E-state index is -3.80. The predicted molar refractivity (Wildman–Crippen MR) is 127 cm³/mol. The molecule has 1 fully saturated rings. The van der Waals surface area contributed by atoms with E-state index in [1.807, 2.05) is 31.2 Å². The number of benzene rings is 2. The molecule has 0 bridgehead atoms. The second kappa shape index (κ2) is 11.4. The molecule has 2 aromatic carbocycles. The smallest absolute Gasteiger partial charge is 0.246 e. The van der Waals surface area contributed by atoms with Crippen molar-refractivity contribution in [2.45, 2.75) is 37.5 Å². The topological polar surface area (TPSA) is 75.7 Å². The van der Waals surface area contributed by atoms with E-state index < -0.39 is 10.0 Å². The van der Waals surface area contributed by atoms with Crippen LogP contribution in [0.15, 0.2) is 47.4 Å². The van der Waals surface area contributed by atoms with Gasteiger partial charge >= 0.3 is 0 Å². The van der Waals surface area contributed by atoms with Gasteiger partial charge in [-0.15, -0.1) is 0 Å². The average Bonchev–Trinajstić information content (AvgIpc) is 2.77. The van der Waals surface area contributed by atoms with Gasteiger partial charge < -0.3 is 10.1 Å². The zero-order valence-electron chi connectivity index (χ0n) is 18.0. The molecular formula is C23H28Cl2N2O4S. The molecule has 1 aliphatic rings. The Morgan fingerprint density at radius 3 is 2.31 bits per heavy atom. The van der Waals surface area contributed by atoms with E-state index in [1.54, 1.807) is 6.07 Å². The first-order valence-corrected chi connectivity index (χ1v) is 12.9. The Hall–Kier alpha value is -1.80. The molecule has 2 aromatic rings. The van der Waals surface area contributed by atoms with E-state index in [9.17, 15) is 13.2 Å². The Balaban J connectivity index is 1.38. The predicted octanol–water partition coefficient (Wildman–Crippen LogP) is 4.68. The summed E-state index contributed by atoms with van der Waals surface area (Å²) in [4.78, 5) is 12.4. The molecule has 0 aliphatic carbocycles. The third-order valence-electron chi connectivity index (χ3n) is 5.50. The van der Waals surface area contributed by atoms with Gasteiger partial charge in [-0.25, -0.2) is 8.42 Å². The highest BCUT2D eigenvalue weighted by molar-refractivity contribution is 7.89. The van der Waals surface area contributed by atoms with Crippen LogP contribution in [0.5, 0.6) is 5.75 Å². The van der Waals surface area contributed by atoms with Gasteiger partial charge in [0.15, 0.2) is 0 Å². The van der Waals surface area contributed by atoms with E-state index >= 15 is 0 Å². The van der Waals surface area contributed by atoms with Crippen LogP contribution in [0.25, 0.3) is 0 Å². The number of hydrogen-bond donors (Lipinski definition) is 1. The summed E-state index contributed by atoms with van der Waals surface area (Å²) in [5, 5.41) is 3.16. The lowest BCUT2D eigenvalue weighted by Crippen LogP contribution is -2.43. The SMILES string of the molecule is Cc1ccc(OCCCCNC(=O)C2CCN(S(=O)(=O)c3c(Cl)cccc3Cl)CC2)cc1. The van der Waals surface area contributed by atoms with Crippen LogP contribution in [-0.4, -0.2) is 44.9 Å². The summed E-state index contributed by atoms with van der Waals surface area (Å²) in [6.07, 6.45) is 2.58. The van der Waals surface area contributed by atoms with E-state index in [0.29, 0.717) is 26.0 Å². The maximum atomic E-state index is 12.9. The van der Waals surface area contributed by atoms with Crippen molar-refractivity contribution in [3.63, 3.8) is 0 Å². The van der Waals surface area contributed by atoms with Crippen LogP contribution < -0.4 is 10.1 Å². The van der Waals surface area contributed by atoms with Gasteiger partial charge in [0.05, 0.1) is 16.7 Å². The summed E-state index contributed by atoms with van der Waals surface area (Å²) in [7, 11) is -3.80. The van der Waals surface area contributed by atoms with Crippen LogP contribution in [0, 0.1) is 12.8 Å². The first-order chi connectivity index (χ1) is 15.3. The van der Waals surface area contributed by atoms with Crippen LogP contribution >= 0.6 is 23.2 Å². The Morgan fingerprint density at radius 2 is 1.69 bits per heavy atom. The van der Waals surface area contributed by atoms with Gasteiger partial charge in [-0.3, -0.25) is 4.79 Å². The van der Waals surface area contributed by atoms with Gasteiger partial charge in [0.1, 0.15) is 10.6 Å². The van der Waals surface area contributed by atoms with Crippen molar-refractivity contribution in [3.05, 3.63) is 58.1 Å². The molecule has 1 saturated heterocycles. The monoisotopic (exact) mass is 498 g/mol. The van der Waals surface area contributed by atoms with Gasteiger partial charge in [0.25, 0.3) is 0 Å². The van der Waals surface area contributed by atoms with Crippen molar-refractivity contribution in [2.24, 2.45) is 5.92 Å². The maximum absolute atomic E-state index is 12.9. The molecule has 32 heavy (non-hydrogen) atoms. The summed E-state index contributed by atoms with van der Waals surface area (Å²) in [5.74, 6) is 0.615. The first-order valence-electron chi connectivity index (χ1n) is 10.7. The standard InChI is InChI=1S/C23H28Cl2N2O4S/c1-17-7-9-19(10-8-17)31-16-3-2-13-26-23(28)18-11-14-27(15-12-18)32(29,30)22-20(24)5-4-6-21(22)25/h4-10,18H,2-3,11-16H2,1H3,(H,26,28). The second-order valence-corrected chi connectivity index (χ2v) is 10.6. The van der Waals surface area contributed by atoms with Crippen LogP contribution in [0.1, 0.15) is 31.2 Å².